The van der Waals surface area contributed by atoms with Gasteiger partial charge in [-0.25, -0.2) is 0 Å². The van der Waals surface area contributed by atoms with E-state index in [2.05, 4.69) is 13.8 Å². The standard InChI is InChI=1S/C18H20O2.2H2O4S/c1-3-17(13-5-9-15(19)10-6-13)18(4-2)14-7-11-16(20)12-8-14;2*1-5(2,3)4/h5-12,19-20H,3-4H2,1-2H3;2*(H2,1,2,3,4). The number of rotatable bonds is 4. The molecule has 0 aliphatic rings. The molecule has 0 amide bonds. The van der Waals surface area contributed by atoms with Crippen LogP contribution in [0.1, 0.15) is 37.8 Å². The zero-order valence-electron chi connectivity index (χ0n) is 16.2. The Kier molecular flexibility index (Phi) is 11.3. The van der Waals surface area contributed by atoms with Crippen molar-refractivity contribution in [3.63, 3.8) is 0 Å². The third-order valence-corrected chi connectivity index (χ3v) is 3.50. The van der Waals surface area contributed by atoms with Crippen LogP contribution in [0, 0.1) is 0 Å². The van der Waals surface area contributed by atoms with Crippen LogP contribution in [-0.4, -0.2) is 45.3 Å². The summed E-state index contributed by atoms with van der Waals surface area (Å²) in [5.41, 5.74) is 4.82. The van der Waals surface area contributed by atoms with Gasteiger partial charge in [-0.2, -0.15) is 16.8 Å². The molecule has 6 N–H and O–H groups in total. The van der Waals surface area contributed by atoms with Gasteiger partial charge in [0.25, 0.3) is 0 Å². The van der Waals surface area contributed by atoms with Crippen LogP contribution in [0.3, 0.4) is 0 Å². The van der Waals surface area contributed by atoms with E-state index in [0.29, 0.717) is 0 Å². The molecular formula is C18H24O10S2. The normalized spacial score (nSPS) is 11.9. The van der Waals surface area contributed by atoms with Crippen LogP contribution in [0.25, 0.3) is 11.1 Å². The van der Waals surface area contributed by atoms with Crippen molar-refractivity contribution >= 4 is 31.9 Å². The molecule has 0 aromatic heterocycles. The molecule has 168 valence electrons. The SMILES string of the molecule is CCC(=C(CC)c1ccc(O)cc1)c1ccc(O)cc1.O=S(=O)(O)O.O=S(=O)(O)O. The van der Waals surface area contributed by atoms with Gasteiger partial charge >= 0.3 is 20.8 Å². The van der Waals surface area contributed by atoms with E-state index in [0.717, 1.165) is 24.0 Å². The maximum atomic E-state index is 9.41. The Morgan fingerprint density at radius 3 is 0.967 bits per heavy atom. The third-order valence-electron chi connectivity index (χ3n) is 3.50. The first-order valence-electron chi connectivity index (χ1n) is 8.36. The van der Waals surface area contributed by atoms with Crippen molar-refractivity contribution < 1.29 is 45.3 Å². The van der Waals surface area contributed by atoms with E-state index in [4.69, 9.17) is 35.0 Å². The van der Waals surface area contributed by atoms with Crippen molar-refractivity contribution in [3.05, 3.63) is 59.7 Å². The summed E-state index contributed by atoms with van der Waals surface area (Å²) < 4.78 is 63.2. The highest BCUT2D eigenvalue weighted by atomic mass is 32.3. The Balaban J connectivity index is 0.000000702. The number of hydrogen-bond donors (Lipinski definition) is 6. The van der Waals surface area contributed by atoms with Gasteiger partial charge in [0.1, 0.15) is 11.5 Å². The first kappa shape index (κ1) is 27.5. The molecular weight excluding hydrogens is 440 g/mol. The lowest BCUT2D eigenvalue weighted by molar-refractivity contribution is 0.378. The second-order valence-corrected chi connectivity index (χ2v) is 7.44. The van der Waals surface area contributed by atoms with E-state index in [1.165, 1.54) is 11.1 Å². The summed E-state index contributed by atoms with van der Waals surface area (Å²) in [6.45, 7) is 4.27. The lowest BCUT2D eigenvalue weighted by atomic mass is 9.91. The fourth-order valence-electron chi connectivity index (χ4n) is 2.51. The van der Waals surface area contributed by atoms with Gasteiger partial charge in [-0.05, 0) is 59.4 Å². The van der Waals surface area contributed by atoms with Crippen LogP contribution in [-0.2, 0) is 20.8 Å². The Bertz CT molecular complexity index is 922. The average molecular weight is 465 g/mol. The van der Waals surface area contributed by atoms with Crippen molar-refractivity contribution in [1.82, 2.24) is 0 Å². The maximum absolute atomic E-state index is 9.41. The fourth-order valence-corrected chi connectivity index (χ4v) is 2.51. The molecule has 30 heavy (non-hydrogen) atoms. The van der Waals surface area contributed by atoms with E-state index in [1.54, 1.807) is 24.3 Å². The number of allylic oxidation sites excluding steroid dienone is 2. The molecule has 0 spiro atoms. The molecule has 0 atom stereocenters. The van der Waals surface area contributed by atoms with Crippen molar-refractivity contribution in [1.29, 1.82) is 0 Å². The molecule has 2 aromatic carbocycles. The molecule has 10 nitrogen and oxygen atoms in total. The molecule has 0 bridgehead atoms. The summed E-state index contributed by atoms with van der Waals surface area (Å²) >= 11 is 0. The summed E-state index contributed by atoms with van der Waals surface area (Å²) in [7, 11) is -9.33. The van der Waals surface area contributed by atoms with Crippen molar-refractivity contribution in [2.75, 3.05) is 0 Å². The van der Waals surface area contributed by atoms with Crippen LogP contribution >= 0.6 is 0 Å². The molecule has 0 aliphatic heterocycles. The minimum Gasteiger partial charge on any atom is -0.508 e. The molecule has 0 heterocycles. The Hall–Kier alpha value is -2.48. The summed E-state index contributed by atoms with van der Waals surface area (Å²) in [5, 5.41) is 18.8. The largest absolute Gasteiger partial charge is 0.508 e. The second-order valence-electron chi connectivity index (χ2n) is 5.65. The second kappa shape index (κ2) is 12.3. The summed E-state index contributed by atoms with van der Waals surface area (Å²) in [6.07, 6.45) is 1.85. The Morgan fingerprint density at radius 1 is 0.600 bits per heavy atom. The van der Waals surface area contributed by atoms with Gasteiger partial charge in [-0.1, -0.05) is 38.1 Å². The number of phenolic OH excluding ortho intramolecular Hbond substituents is 2. The van der Waals surface area contributed by atoms with Crippen LogP contribution in [0.15, 0.2) is 48.5 Å². The highest BCUT2D eigenvalue weighted by Crippen LogP contribution is 2.32. The van der Waals surface area contributed by atoms with Crippen LogP contribution < -0.4 is 0 Å². The van der Waals surface area contributed by atoms with E-state index < -0.39 is 20.8 Å². The lowest BCUT2D eigenvalue weighted by Gasteiger charge is -2.14. The van der Waals surface area contributed by atoms with E-state index in [-0.39, 0.29) is 11.5 Å². The van der Waals surface area contributed by atoms with Crippen LogP contribution in [0.4, 0.5) is 0 Å². The predicted octanol–water partition coefficient (Wildman–Crippen LogP) is 3.52. The highest BCUT2D eigenvalue weighted by Gasteiger charge is 2.09. The molecule has 2 aromatic rings. The highest BCUT2D eigenvalue weighted by molar-refractivity contribution is 7.80. The third kappa shape index (κ3) is 13.7. The van der Waals surface area contributed by atoms with Gasteiger partial charge in [0.2, 0.25) is 0 Å². The van der Waals surface area contributed by atoms with E-state index >= 15 is 0 Å². The van der Waals surface area contributed by atoms with Crippen molar-refractivity contribution in [3.8, 4) is 11.5 Å². The molecule has 0 radical (unpaired) electrons. The molecule has 2 rings (SSSR count). The summed E-state index contributed by atoms with van der Waals surface area (Å²) in [6, 6.07) is 14.7. The minimum atomic E-state index is -4.67. The monoisotopic (exact) mass is 464 g/mol. The number of aromatic hydroxyl groups is 2. The van der Waals surface area contributed by atoms with Gasteiger partial charge in [0.15, 0.2) is 0 Å². The molecule has 0 aliphatic carbocycles. The van der Waals surface area contributed by atoms with Crippen LogP contribution in [0.5, 0.6) is 11.5 Å². The van der Waals surface area contributed by atoms with Gasteiger partial charge in [0, 0.05) is 0 Å². The fraction of sp³-hybridized carbons (Fsp3) is 0.222. The number of benzene rings is 2. The summed E-state index contributed by atoms with van der Waals surface area (Å²) in [4.78, 5) is 0. The topological polar surface area (TPSA) is 190 Å². The minimum absolute atomic E-state index is 0.284. The maximum Gasteiger partial charge on any atom is 0.394 e. The first-order valence-corrected chi connectivity index (χ1v) is 11.2. The summed E-state index contributed by atoms with van der Waals surface area (Å²) in [5.74, 6) is 0.568. The van der Waals surface area contributed by atoms with E-state index in [9.17, 15) is 10.2 Å². The van der Waals surface area contributed by atoms with Gasteiger partial charge < -0.3 is 10.2 Å². The Morgan fingerprint density at radius 2 is 0.800 bits per heavy atom. The number of hydrogen-bond acceptors (Lipinski definition) is 6. The molecule has 0 saturated heterocycles. The first-order chi connectivity index (χ1) is 13.7. The average Bonchev–Trinajstić information content (AvgIpc) is 2.59. The van der Waals surface area contributed by atoms with Crippen molar-refractivity contribution in [2.45, 2.75) is 26.7 Å². The van der Waals surface area contributed by atoms with Gasteiger partial charge in [-0.15, -0.1) is 0 Å². The zero-order chi connectivity index (χ0) is 23.5. The van der Waals surface area contributed by atoms with Gasteiger partial charge in [-0.3, -0.25) is 18.2 Å². The quantitative estimate of drug-likeness (QED) is 0.288. The zero-order valence-corrected chi connectivity index (χ0v) is 17.8. The smallest absolute Gasteiger partial charge is 0.394 e. The molecule has 12 heteroatoms. The molecule has 0 fully saturated rings. The van der Waals surface area contributed by atoms with Crippen molar-refractivity contribution in [2.24, 2.45) is 0 Å². The molecule has 0 saturated carbocycles. The number of phenols is 2. The Labute approximate surface area is 175 Å². The lowest BCUT2D eigenvalue weighted by Crippen LogP contribution is -1.91. The van der Waals surface area contributed by atoms with Gasteiger partial charge in [0.05, 0.1) is 0 Å². The van der Waals surface area contributed by atoms with Crippen LogP contribution in [0.2, 0.25) is 0 Å². The predicted molar refractivity (Wildman–Crippen MR) is 112 cm³/mol. The molecule has 0 unspecified atom stereocenters. The van der Waals surface area contributed by atoms with E-state index in [1.807, 2.05) is 24.3 Å².